The normalized spacial score (nSPS) is 26.4. The lowest BCUT2D eigenvalue weighted by molar-refractivity contribution is 0.102. The van der Waals surface area contributed by atoms with Gasteiger partial charge in [0.1, 0.15) is 0 Å². The fourth-order valence-electron chi connectivity index (χ4n) is 1.32. The zero-order valence-corrected chi connectivity index (χ0v) is 6.75. The minimum Gasteiger partial charge on any atom is -0.378 e. The van der Waals surface area contributed by atoms with E-state index in [1.54, 1.807) is 0 Å². The fraction of sp³-hybridized carbons (Fsp3) is 0.778. The summed E-state index contributed by atoms with van der Waals surface area (Å²) in [5.74, 6) is 2.51. The summed E-state index contributed by atoms with van der Waals surface area (Å²) < 4.78 is 5.42. The molecule has 11 heavy (non-hydrogen) atoms. The first kappa shape index (κ1) is 8.58. The highest BCUT2D eigenvalue weighted by molar-refractivity contribution is 4.96. The van der Waals surface area contributed by atoms with Gasteiger partial charge in [-0.3, -0.25) is 0 Å². The molecule has 62 valence electrons. The molecule has 2 atom stereocenters. The molecule has 2 nitrogen and oxygen atoms in total. The molecule has 2 N–H and O–H groups in total. The first-order valence-electron chi connectivity index (χ1n) is 4.16. The first-order valence-corrected chi connectivity index (χ1v) is 4.16. The number of hydrogen-bond donors (Lipinski definition) is 1. The first-order chi connectivity index (χ1) is 5.33. The predicted octanol–water partition coefficient (Wildman–Crippen LogP) is 0.906. The summed E-state index contributed by atoms with van der Waals surface area (Å²) in [6, 6.07) is -0.0841. The van der Waals surface area contributed by atoms with Crippen LogP contribution in [-0.2, 0) is 4.74 Å². The van der Waals surface area contributed by atoms with E-state index in [1.807, 2.05) is 0 Å². The molecule has 0 aromatic heterocycles. The van der Waals surface area contributed by atoms with Crippen LogP contribution in [0.25, 0.3) is 0 Å². The van der Waals surface area contributed by atoms with E-state index in [9.17, 15) is 0 Å². The second kappa shape index (κ2) is 4.38. The minimum absolute atomic E-state index is 0.0841. The Balaban J connectivity index is 2.07. The summed E-state index contributed by atoms with van der Waals surface area (Å²) in [5.41, 5.74) is 5.56. The molecular weight excluding hydrogens is 138 g/mol. The van der Waals surface area contributed by atoms with Gasteiger partial charge in [0.15, 0.2) is 0 Å². The van der Waals surface area contributed by atoms with Crippen molar-refractivity contribution >= 4 is 0 Å². The largest absolute Gasteiger partial charge is 0.378 e. The third kappa shape index (κ3) is 2.92. The van der Waals surface area contributed by atoms with Crippen molar-refractivity contribution in [1.29, 1.82) is 0 Å². The van der Waals surface area contributed by atoms with Crippen molar-refractivity contribution in [2.24, 2.45) is 5.73 Å². The Morgan fingerprint density at radius 1 is 1.73 bits per heavy atom. The van der Waals surface area contributed by atoms with E-state index >= 15 is 0 Å². The molecule has 2 unspecified atom stereocenters. The molecule has 0 amide bonds. The molecule has 0 radical (unpaired) electrons. The van der Waals surface area contributed by atoms with E-state index in [0.29, 0.717) is 6.10 Å². The van der Waals surface area contributed by atoms with Crippen LogP contribution in [0.3, 0.4) is 0 Å². The van der Waals surface area contributed by atoms with E-state index < -0.39 is 0 Å². The second-order valence-electron chi connectivity index (χ2n) is 2.99. The molecule has 2 heteroatoms. The smallest absolute Gasteiger partial charge is 0.0662 e. The summed E-state index contributed by atoms with van der Waals surface area (Å²) in [5, 5.41) is 0. The Morgan fingerprint density at radius 3 is 3.09 bits per heavy atom. The molecule has 0 aliphatic carbocycles. The molecular formula is C9H15NO. The number of nitrogens with two attached hydrogens (primary N) is 1. The zero-order valence-electron chi connectivity index (χ0n) is 6.75. The third-order valence-electron chi connectivity index (χ3n) is 2.04. The monoisotopic (exact) mass is 153 g/mol. The lowest BCUT2D eigenvalue weighted by Crippen LogP contribution is -2.19. The van der Waals surface area contributed by atoms with Crippen molar-refractivity contribution in [3.8, 4) is 12.3 Å². The van der Waals surface area contributed by atoms with Gasteiger partial charge in [0, 0.05) is 6.61 Å². The fourth-order valence-corrected chi connectivity index (χ4v) is 1.32. The van der Waals surface area contributed by atoms with Gasteiger partial charge in [0.2, 0.25) is 0 Å². The van der Waals surface area contributed by atoms with Crippen LogP contribution in [0.4, 0.5) is 0 Å². The summed E-state index contributed by atoms with van der Waals surface area (Å²) >= 11 is 0. The number of terminal acetylenes is 1. The Morgan fingerprint density at radius 2 is 2.55 bits per heavy atom. The average molecular weight is 153 g/mol. The highest BCUT2D eigenvalue weighted by Gasteiger charge is 2.15. The van der Waals surface area contributed by atoms with Crippen molar-refractivity contribution in [2.45, 2.75) is 37.8 Å². The summed E-state index contributed by atoms with van der Waals surface area (Å²) in [4.78, 5) is 0. The quantitative estimate of drug-likeness (QED) is 0.611. The molecule has 0 spiro atoms. The molecule has 1 fully saturated rings. The van der Waals surface area contributed by atoms with Crippen LogP contribution in [0.15, 0.2) is 0 Å². The van der Waals surface area contributed by atoms with Gasteiger partial charge in [-0.2, -0.15) is 0 Å². The molecule has 1 saturated heterocycles. The highest BCUT2D eigenvalue weighted by Crippen LogP contribution is 2.16. The van der Waals surface area contributed by atoms with Crippen LogP contribution in [0, 0.1) is 12.3 Å². The molecule has 1 aliphatic rings. The minimum atomic E-state index is -0.0841. The van der Waals surface area contributed by atoms with Crippen molar-refractivity contribution in [3.05, 3.63) is 0 Å². The van der Waals surface area contributed by atoms with E-state index in [1.165, 1.54) is 12.8 Å². The van der Waals surface area contributed by atoms with Crippen molar-refractivity contribution in [1.82, 2.24) is 0 Å². The van der Waals surface area contributed by atoms with Gasteiger partial charge < -0.3 is 10.5 Å². The number of hydrogen-bond acceptors (Lipinski definition) is 2. The number of rotatable bonds is 3. The lowest BCUT2D eigenvalue weighted by atomic mass is 10.1. The van der Waals surface area contributed by atoms with Crippen LogP contribution >= 0.6 is 0 Å². The summed E-state index contributed by atoms with van der Waals surface area (Å²) in [6.07, 6.45) is 9.84. The topological polar surface area (TPSA) is 35.2 Å². The maximum Gasteiger partial charge on any atom is 0.0662 e. The maximum absolute atomic E-state index is 5.56. The van der Waals surface area contributed by atoms with E-state index in [2.05, 4.69) is 5.92 Å². The van der Waals surface area contributed by atoms with E-state index in [4.69, 9.17) is 16.9 Å². The zero-order chi connectivity index (χ0) is 8.10. The Kier molecular flexibility index (Phi) is 3.41. The van der Waals surface area contributed by atoms with Crippen molar-refractivity contribution < 1.29 is 4.74 Å². The Hall–Kier alpha value is -0.520. The number of ether oxygens (including phenoxy) is 1. The third-order valence-corrected chi connectivity index (χ3v) is 2.04. The van der Waals surface area contributed by atoms with Crippen molar-refractivity contribution in [2.75, 3.05) is 6.61 Å². The maximum atomic E-state index is 5.56. The van der Waals surface area contributed by atoms with Gasteiger partial charge in [0.05, 0.1) is 12.1 Å². The Labute approximate surface area is 68.1 Å². The van der Waals surface area contributed by atoms with Crippen LogP contribution in [-0.4, -0.2) is 18.8 Å². The predicted molar refractivity (Wildman–Crippen MR) is 45.0 cm³/mol. The van der Waals surface area contributed by atoms with E-state index in [0.717, 1.165) is 19.4 Å². The second-order valence-corrected chi connectivity index (χ2v) is 2.99. The highest BCUT2D eigenvalue weighted by atomic mass is 16.5. The van der Waals surface area contributed by atoms with Gasteiger partial charge in [-0.25, -0.2) is 0 Å². The SMILES string of the molecule is C#CC(N)CCC1CCCO1. The molecule has 1 aliphatic heterocycles. The van der Waals surface area contributed by atoms with Gasteiger partial charge in [-0.05, 0) is 25.7 Å². The summed E-state index contributed by atoms with van der Waals surface area (Å²) in [6.45, 7) is 0.913. The molecule has 0 bridgehead atoms. The standard InChI is InChI=1S/C9H15NO/c1-2-8(10)5-6-9-4-3-7-11-9/h1,8-9H,3-7,10H2. The van der Waals surface area contributed by atoms with Gasteiger partial charge >= 0.3 is 0 Å². The van der Waals surface area contributed by atoms with E-state index in [-0.39, 0.29) is 6.04 Å². The Bertz CT molecular complexity index is 144. The average Bonchev–Trinajstić information content (AvgIpc) is 2.52. The lowest BCUT2D eigenvalue weighted by Gasteiger charge is -2.09. The molecule has 0 saturated carbocycles. The molecule has 0 aromatic rings. The van der Waals surface area contributed by atoms with Gasteiger partial charge in [-0.15, -0.1) is 6.42 Å². The van der Waals surface area contributed by atoms with Crippen molar-refractivity contribution in [3.63, 3.8) is 0 Å². The summed E-state index contributed by atoms with van der Waals surface area (Å²) in [7, 11) is 0. The molecule has 0 aromatic carbocycles. The molecule has 1 rings (SSSR count). The van der Waals surface area contributed by atoms with Crippen LogP contribution in [0.2, 0.25) is 0 Å². The van der Waals surface area contributed by atoms with Crippen LogP contribution in [0.5, 0.6) is 0 Å². The van der Waals surface area contributed by atoms with Crippen LogP contribution < -0.4 is 5.73 Å². The van der Waals surface area contributed by atoms with Gasteiger partial charge in [0.25, 0.3) is 0 Å². The molecule has 1 heterocycles. The van der Waals surface area contributed by atoms with Crippen LogP contribution in [0.1, 0.15) is 25.7 Å². The van der Waals surface area contributed by atoms with Gasteiger partial charge in [-0.1, -0.05) is 5.92 Å².